The lowest BCUT2D eigenvalue weighted by atomic mass is 10.2. The largest absolute Gasteiger partial charge is 0.364 e. The normalized spacial score (nSPS) is 10.9. The van der Waals surface area contributed by atoms with Crippen molar-refractivity contribution in [3.63, 3.8) is 0 Å². The first-order valence-electron chi connectivity index (χ1n) is 4.18. The molecule has 0 aliphatic carbocycles. The Labute approximate surface area is 84.0 Å². The minimum absolute atomic E-state index is 1.01. The van der Waals surface area contributed by atoms with E-state index in [9.17, 15) is 0 Å². The number of thiophene rings is 1. The molecule has 0 bridgehead atoms. The first-order chi connectivity index (χ1) is 6.93. The van der Waals surface area contributed by atoms with E-state index < -0.39 is 0 Å². The molecule has 0 fully saturated rings. The highest BCUT2D eigenvalue weighted by atomic mass is 32.1. The predicted molar refractivity (Wildman–Crippen MR) is 55.1 cm³/mol. The van der Waals surface area contributed by atoms with Gasteiger partial charge in [0.25, 0.3) is 0 Å². The van der Waals surface area contributed by atoms with Crippen LogP contribution in [0.5, 0.6) is 0 Å². The number of aromatic nitrogens is 2. The first-order valence-corrected chi connectivity index (χ1v) is 4.99. The molecule has 0 aliphatic heterocycles. The molecule has 3 aromatic rings. The van der Waals surface area contributed by atoms with Crippen LogP contribution in [0.2, 0.25) is 0 Å². The maximum atomic E-state index is 4.80. The third-order valence-corrected chi connectivity index (χ3v) is 3.12. The number of rotatable bonds is 1. The van der Waals surface area contributed by atoms with Crippen LogP contribution in [0.15, 0.2) is 41.4 Å². The molecule has 0 spiro atoms. The van der Waals surface area contributed by atoms with Crippen LogP contribution in [0.3, 0.4) is 0 Å². The topological polar surface area (TPSA) is 38.9 Å². The molecule has 0 amide bonds. The smallest absolute Gasteiger partial charge is 0.132 e. The van der Waals surface area contributed by atoms with Gasteiger partial charge in [0.2, 0.25) is 0 Å². The summed E-state index contributed by atoms with van der Waals surface area (Å²) in [6.07, 6.45) is 5.16. The lowest BCUT2D eigenvalue weighted by Crippen LogP contribution is -1.65. The van der Waals surface area contributed by atoms with E-state index in [4.69, 9.17) is 4.52 Å². The van der Waals surface area contributed by atoms with E-state index in [-0.39, 0.29) is 0 Å². The molecule has 3 rings (SSSR count). The van der Waals surface area contributed by atoms with Gasteiger partial charge in [-0.2, -0.15) is 0 Å². The van der Waals surface area contributed by atoms with Gasteiger partial charge in [-0.15, -0.1) is 11.3 Å². The fourth-order valence-corrected chi connectivity index (χ4v) is 2.31. The van der Waals surface area contributed by atoms with Crippen molar-refractivity contribution in [3.05, 3.63) is 36.9 Å². The van der Waals surface area contributed by atoms with Crippen LogP contribution in [-0.4, -0.2) is 10.1 Å². The lowest BCUT2D eigenvalue weighted by molar-refractivity contribution is 0.420. The summed E-state index contributed by atoms with van der Waals surface area (Å²) in [7, 11) is 0. The highest BCUT2D eigenvalue weighted by molar-refractivity contribution is 7.21. The number of hydrogen-bond donors (Lipinski definition) is 0. The number of hydrogen-bond acceptors (Lipinski definition) is 4. The van der Waals surface area contributed by atoms with Gasteiger partial charge < -0.3 is 4.52 Å². The molecule has 68 valence electrons. The summed E-state index contributed by atoms with van der Waals surface area (Å²) >= 11 is 1.64. The van der Waals surface area contributed by atoms with Gasteiger partial charge in [0, 0.05) is 16.5 Å². The Morgan fingerprint density at radius 2 is 2.36 bits per heavy atom. The fourth-order valence-electron chi connectivity index (χ4n) is 1.34. The molecule has 14 heavy (non-hydrogen) atoms. The summed E-state index contributed by atoms with van der Waals surface area (Å²) in [5, 5.41) is 4.84. The summed E-state index contributed by atoms with van der Waals surface area (Å²) in [4.78, 5) is 6.46. The second-order valence-electron chi connectivity index (χ2n) is 2.92. The number of pyridine rings is 1. The fraction of sp³-hybridized carbons (Fsp3) is 0. The molecule has 0 aromatic carbocycles. The van der Waals surface area contributed by atoms with Gasteiger partial charge >= 0.3 is 0 Å². The zero-order valence-electron chi connectivity index (χ0n) is 7.18. The van der Waals surface area contributed by atoms with Crippen molar-refractivity contribution in [1.29, 1.82) is 0 Å². The highest BCUT2D eigenvalue weighted by Crippen LogP contribution is 2.31. The molecular formula is C10H6N2OS. The van der Waals surface area contributed by atoms with E-state index in [2.05, 4.69) is 22.3 Å². The van der Waals surface area contributed by atoms with Crippen LogP contribution in [0, 0.1) is 0 Å². The average Bonchev–Trinajstić information content (AvgIpc) is 2.86. The Morgan fingerprint density at radius 1 is 1.36 bits per heavy atom. The zero-order chi connectivity index (χ0) is 9.38. The van der Waals surface area contributed by atoms with Crippen LogP contribution in [0.25, 0.3) is 20.7 Å². The molecule has 4 heteroatoms. The predicted octanol–water partition coefficient (Wildman–Crippen LogP) is 2.95. The van der Waals surface area contributed by atoms with Crippen molar-refractivity contribution >= 4 is 21.6 Å². The molecular weight excluding hydrogens is 196 g/mol. The maximum absolute atomic E-state index is 4.80. The van der Waals surface area contributed by atoms with Gasteiger partial charge in [-0.3, -0.25) is 0 Å². The van der Waals surface area contributed by atoms with Gasteiger partial charge in [-0.05, 0) is 12.1 Å². The molecule has 0 saturated carbocycles. The Balaban J connectivity index is 2.24. The van der Waals surface area contributed by atoms with E-state index in [1.807, 2.05) is 6.07 Å². The van der Waals surface area contributed by atoms with E-state index in [1.165, 1.54) is 0 Å². The Morgan fingerprint density at radius 3 is 3.14 bits per heavy atom. The van der Waals surface area contributed by atoms with Crippen LogP contribution in [-0.2, 0) is 0 Å². The quantitative estimate of drug-likeness (QED) is 0.609. The van der Waals surface area contributed by atoms with Crippen molar-refractivity contribution in [2.75, 3.05) is 0 Å². The van der Waals surface area contributed by atoms with E-state index in [1.54, 1.807) is 30.0 Å². The second-order valence-corrected chi connectivity index (χ2v) is 3.95. The summed E-state index contributed by atoms with van der Waals surface area (Å²) in [6, 6.07) is 6.09. The molecule has 3 nitrogen and oxygen atoms in total. The van der Waals surface area contributed by atoms with Crippen molar-refractivity contribution in [3.8, 4) is 10.4 Å². The van der Waals surface area contributed by atoms with Crippen LogP contribution in [0.1, 0.15) is 0 Å². The van der Waals surface area contributed by atoms with Crippen LogP contribution < -0.4 is 0 Å². The first kappa shape index (κ1) is 7.70. The Hall–Kier alpha value is -1.68. The number of fused-ring (bicyclic) bond motifs is 1. The SMILES string of the molecule is c1cnc2sc(-c3cnoc3)cc2c1. The second kappa shape index (κ2) is 2.92. The molecule has 0 atom stereocenters. The van der Waals surface area contributed by atoms with E-state index >= 15 is 0 Å². The standard InChI is InChI=1S/C10H6N2OS/c1-2-7-4-9(8-5-12-13-6-8)14-10(7)11-3-1/h1-6H. The van der Waals surface area contributed by atoms with Gasteiger partial charge in [0.05, 0.1) is 11.8 Å². The van der Waals surface area contributed by atoms with Gasteiger partial charge in [-0.1, -0.05) is 11.2 Å². The third kappa shape index (κ3) is 1.12. The molecule has 0 saturated heterocycles. The van der Waals surface area contributed by atoms with Gasteiger partial charge in [0.1, 0.15) is 11.1 Å². The third-order valence-electron chi connectivity index (χ3n) is 2.01. The summed E-state index contributed by atoms with van der Waals surface area (Å²) in [5.41, 5.74) is 1.01. The molecule has 0 unspecified atom stereocenters. The molecule has 3 aromatic heterocycles. The van der Waals surface area contributed by atoms with Gasteiger partial charge in [-0.25, -0.2) is 4.98 Å². The summed E-state index contributed by atoms with van der Waals surface area (Å²) < 4.78 is 4.80. The summed E-state index contributed by atoms with van der Waals surface area (Å²) in [5.74, 6) is 0. The minimum atomic E-state index is 1.01. The zero-order valence-corrected chi connectivity index (χ0v) is 7.99. The van der Waals surface area contributed by atoms with Crippen LogP contribution >= 0.6 is 11.3 Å². The van der Waals surface area contributed by atoms with E-state index in [0.717, 1.165) is 20.7 Å². The van der Waals surface area contributed by atoms with Crippen molar-refractivity contribution < 1.29 is 4.52 Å². The average molecular weight is 202 g/mol. The molecule has 3 heterocycles. The van der Waals surface area contributed by atoms with E-state index in [0.29, 0.717) is 0 Å². The molecule has 0 N–H and O–H groups in total. The Kier molecular flexibility index (Phi) is 1.61. The summed E-state index contributed by atoms with van der Waals surface area (Å²) in [6.45, 7) is 0. The minimum Gasteiger partial charge on any atom is -0.364 e. The Bertz CT molecular complexity index is 523. The maximum Gasteiger partial charge on any atom is 0.132 e. The monoisotopic (exact) mass is 202 g/mol. The van der Waals surface area contributed by atoms with Crippen molar-refractivity contribution in [2.45, 2.75) is 0 Å². The van der Waals surface area contributed by atoms with Crippen molar-refractivity contribution in [2.24, 2.45) is 0 Å². The molecule has 0 aliphatic rings. The molecule has 0 radical (unpaired) electrons. The lowest BCUT2D eigenvalue weighted by Gasteiger charge is -1.82. The van der Waals surface area contributed by atoms with Crippen LogP contribution in [0.4, 0.5) is 0 Å². The van der Waals surface area contributed by atoms with Gasteiger partial charge in [0.15, 0.2) is 0 Å². The highest BCUT2D eigenvalue weighted by Gasteiger charge is 2.05. The van der Waals surface area contributed by atoms with Crippen molar-refractivity contribution in [1.82, 2.24) is 10.1 Å². The number of nitrogens with zero attached hydrogens (tertiary/aromatic N) is 2.